The van der Waals surface area contributed by atoms with Crippen molar-refractivity contribution in [3.63, 3.8) is 0 Å². The summed E-state index contributed by atoms with van der Waals surface area (Å²) in [6.07, 6.45) is 50.9. The first-order valence-electron chi connectivity index (χ1n) is 25.1. The van der Waals surface area contributed by atoms with Crippen molar-refractivity contribution in [1.82, 2.24) is 5.32 Å². The normalized spacial score (nSPS) is 13.4. The zero-order chi connectivity index (χ0) is 41.7. The number of ether oxygens (including phenoxy) is 1. The van der Waals surface area contributed by atoms with Crippen LogP contribution in [0.4, 0.5) is 0 Å². The summed E-state index contributed by atoms with van der Waals surface area (Å²) in [6, 6.07) is -0.705. The molecule has 6 nitrogen and oxygen atoms in total. The van der Waals surface area contributed by atoms with Crippen LogP contribution in [0.3, 0.4) is 0 Å². The van der Waals surface area contributed by atoms with Crippen LogP contribution in [0.2, 0.25) is 0 Å². The number of hydrogen-bond donors (Lipinski definition) is 3. The Kier molecular flexibility index (Phi) is 44.1. The van der Waals surface area contributed by atoms with Crippen molar-refractivity contribution in [3.05, 3.63) is 24.3 Å². The van der Waals surface area contributed by atoms with E-state index in [4.69, 9.17) is 4.74 Å². The summed E-state index contributed by atoms with van der Waals surface area (Å²) in [6.45, 7) is 6.46. The number of carbonyl (C=O) groups excluding carboxylic acids is 2. The van der Waals surface area contributed by atoms with Gasteiger partial charge >= 0.3 is 5.97 Å². The largest absolute Gasteiger partial charge is 0.462 e. The molecule has 0 bridgehead atoms. The predicted octanol–water partition coefficient (Wildman–Crippen LogP) is 14.7. The molecule has 3 N–H and O–H groups in total. The van der Waals surface area contributed by atoms with Gasteiger partial charge in [-0.25, -0.2) is 0 Å². The lowest BCUT2D eigenvalue weighted by Crippen LogP contribution is -2.46. The average Bonchev–Trinajstić information content (AvgIpc) is 3.20. The molecule has 57 heavy (non-hydrogen) atoms. The SMILES string of the molecule is CCCCCC/C=C\CCCCCCCCCC(=O)OC(CCC/C=C\CCCCCCCCC)CC(=O)NC(CO)C(O)CCCCCCCCCCCCC. The van der Waals surface area contributed by atoms with Gasteiger partial charge in [-0.05, 0) is 70.6 Å². The van der Waals surface area contributed by atoms with Gasteiger partial charge in [0.15, 0.2) is 0 Å². The number of aliphatic hydroxyl groups excluding tert-OH is 2. The Morgan fingerprint density at radius 3 is 1.30 bits per heavy atom. The van der Waals surface area contributed by atoms with E-state index in [2.05, 4.69) is 50.4 Å². The van der Waals surface area contributed by atoms with Crippen LogP contribution < -0.4 is 5.32 Å². The Hall–Kier alpha value is -1.66. The Morgan fingerprint density at radius 2 is 0.860 bits per heavy atom. The fourth-order valence-corrected chi connectivity index (χ4v) is 7.66. The highest BCUT2D eigenvalue weighted by Gasteiger charge is 2.24. The van der Waals surface area contributed by atoms with Crippen molar-refractivity contribution in [2.45, 2.75) is 283 Å². The van der Waals surface area contributed by atoms with Crippen molar-refractivity contribution >= 4 is 11.9 Å². The predicted molar refractivity (Wildman–Crippen MR) is 246 cm³/mol. The van der Waals surface area contributed by atoms with Gasteiger partial charge in [-0.3, -0.25) is 9.59 Å². The molecule has 3 atom stereocenters. The highest BCUT2D eigenvalue weighted by atomic mass is 16.5. The molecular formula is C51H97NO5. The number of carbonyl (C=O) groups is 2. The second-order valence-electron chi connectivity index (χ2n) is 17.2. The van der Waals surface area contributed by atoms with Crippen molar-refractivity contribution in [1.29, 1.82) is 0 Å². The first-order chi connectivity index (χ1) is 28.0. The van der Waals surface area contributed by atoms with Gasteiger partial charge in [0.25, 0.3) is 0 Å². The Bertz CT molecular complexity index is 904. The second kappa shape index (κ2) is 45.4. The lowest BCUT2D eigenvalue weighted by molar-refractivity contribution is -0.151. The first-order valence-corrected chi connectivity index (χ1v) is 25.1. The monoisotopic (exact) mass is 804 g/mol. The smallest absolute Gasteiger partial charge is 0.306 e. The number of nitrogens with one attached hydrogen (secondary N) is 1. The second-order valence-corrected chi connectivity index (χ2v) is 17.2. The summed E-state index contributed by atoms with van der Waals surface area (Å²) in [5, 5.41) is 23.7. The molecule has 0 aliphatic heterocycles. The molecule has 0 aliphatic carbocycles. The minimum atomic E-state index is -0.790. The average molecular weight is 804 g/mol. The first kappa shape index (κ1) is 55.3. The lowest BCUT2D eigenvalue weighted by atomic mass is 10.0. The zero-order valence-corrected chi connectivity index (χ0v) is 38.2. The molecule has 0 heterocycles. The number of aliphatic hydroxyl groups is 2. The Morgan fingerprint density at radius 1 is 0.491 bits per heavy atom. The van der Waals surface area contributed by atoms with Crippen molar-refractivity contribution in [3.8, 4) is 0 Å². The molecule has 0 rings (SSSR count). The van der Waals surface area contributed by atoms with Crippen molar-refractivity contribution < 1.29 is 24.5 Å². The molecule has 0 saturated carbocycles. The standard InChI is InChI=1S/C51H97NO5/c1-4-7-10-13-16-19-22-24-25-26-29-32-35-38-41-44-51(56)57-47(42-39-36-33-30-28-23-20-17-14-11-8-5-2)45-50(55)52-48(46-53)49(54)43-40-37-34-31-27-21-18-15-12-9-6-3/h19,22,30,33,47-49,53-54H,4-18,20-21,23-29,31-32,34-46H2,1-3H3,(H,52,55)/b22-19-,33-30-. The summed E-state index contributed by atoms with van der Waals surface area (Å²) >= 11 is 0. The topological polar surface area (TPSA) is 95.9 Å². The van der Waals surface area contributed by atoms with Crippen molar-refractivity contribution in [2.75, 3.05) is 6.61 Å². The third kappa shape index (κ3) is 40.9. The maximum absolute atomic E-state index is 13.2. The summed E-state index contributed by atoms with van der Waals surface area (Å²) in [5.41, 5.74) is 0. The number of unbranched alkanes of at least 4 members (excludes halogenated alkanes) is 29. The van der Waals surface area contributed by atoms with Crippen LogP contribution in [-0.4, -0.2) is 46.9 Å². The molecule has 0 radical (unpaired) electrons. The van der Waals surface area contributed by atoms with Crippen LogP contribution in [0.1, 0.15) is 265 Å². The summed E-state index contributed by atoms with van der Waals surface area (Å²) < 4.78 is 5.90. The zero-order valence-electron chi connectivity index (χ0n) is 38.2. The van der Waals surface area contributed by atoms with Gasteiger partial charge in [-0.2, -0.15) is 0 Å². The van der Waals surface area contributed by atoms with E-state index in [1.807, 2.05) is 0 Å². The molecule has 3 unspecified atom stereocenters. The molecular weight excluding hydrogens is 707 g/mol. The molecule has 1 amide bonds. The maximum atomic E-state index is 13.2. The number of esters is 1. The van der Waals surface area contributed by atoms with E-state index in [9.17, 15) is 19.8 Å². The van der Waals surface area contributed by atoms with Crippen LogP contribution in [0, 0.1) is 0 Å². The van der Waals surface area contributed by atoms with Crippen LogP contribution in [0.15, 0.2) is 24.3 Å². The maximum Gasteiger partial charge on any atom is 0.306 e. The number of rotatable bonds is 45. The molecule has 6 heteroatoms. The van der Waals surface area contributed by atoms with Crippen LogP contribution in [0.25, 0.3) is 0 Å². The Balaban J connectivity index is 4.58. The van der Waals surface area contributed by atoms with E-state index in [-0.39, 0.29) is 24.9 Å². The summed E-state index contributed by atoms with van der Waals surface area (Å²) in [7, 11) is 0. The van der Waals surface area contributed by atoms with E-state index in [1.165, 1.54) is 161 Å². The molecule has 0 saturated heterocycles. The Labute approximate surface area is 354 Å². The van der Waals surface area contributed by atoms with Gasteiger partial charge in [0, 0.05) is 6.42 Å². The molecule has 0 fully saturated rings. The van der Waals surface area contributed by atoms with E-state index in [0.717, 1.165) is 57.8 Å². The lowest BCUT2D eigenvalue weighted by Gasteiger charge is -2.24. The van der Waals surface area contributed by atoms with E-state index in [0.29, 0.717) is 19.3 Å². The molecule has 336 valence electrons. The van der Waals surface area contributed by atoms with E-state index < -0.39 is 18.2 Å². The quantitative estimate of drug-likeness (QED) is 0.0324. The molecule has 0 aliphatic rings. The van der Waals surface area contributed by atoms with Crippen molar-refractivity contribution in [2.24, 2.45) is 0 Å². The highest BCUT2D eigenvalue weighted by Crippen LogP contribution is 2.17. The van der Waals surface area contributed by atoms with Crippen LogP contribution >= 0.6 is 0 Å². The highest BCUT2D eigenvalue weighted by molar-refractivity contribution is 5.77. The minimum absolute atomic E-state index is 0.0587. The van der Waals surface area contributed by atoms with Gasteiger partial charge < -0.3 is 20.3 Å². The van der Waals surface area contributed by atoms with Crippen LogP contribution in [0.5, 0.6) is 0 Å². The summed E-state index contributed by atoms with van der Waals surface area (Å²) in [5.74, 6) is -0.499. The fourth-order valence-electron chi connectivity index (χ4n) is 7.66. The van der Waals surface area contributed by atoms with Gasteiger partial charge in [-0.1, -0.05) is 206 Å². The molecule has 0 spiro atoms. The summed E-state index contributed by atoms with van der Waals surface area (Å²) in [4.78, 5) is 26.1. The third-order valence-electron chi connectivity index (χ3n) is 11.5. The van der Waals surface area contributed by atoms with Gasteiger partial charge in [0.05, 0.1) is 25.2 Å². The number of allylic oxidation sites excluding steroid dienone is 4. The van der Waals surface area contributed by atoms with Gasteiger partial charge in [-0.15, -0.1) is 0 Å². The molecule has 0 aromatic rings. The number of hydrogen-bond acceptors (Lipinski definition) is 5. The van der Waals surface area contributed by atoms with Gasteiger partial charge in [0.2, 0.25) is 5.91 Å². The number of amides is 1. The van der Waals surface area contributed by atoms with Crippen LogP contribution in [-0.2, 0) is 14.3 Å². The minimum Gasteiger partial charge on any atom is -0.462 e. The van der Waals surface area contributed by atoms with E-state index >= 15 is 0 Å². The van der Waals surface area contributed by atoms with Gasteiger partial charge in [0.1, 0.15) is 6.10 Å². The molecule has 0 aromatic carbocycles. The molecule has 0 aromatic heterocycles. The third-order valence-corrected chi connectivity index (χ3v) is 11.5. The fraction of sp³-hybridized carbons (Fsp3) is 0.882. The van der Waals surface area contributed by atoms with E-state index in [1.54, 1.807) is 0 Å².